The monoisotopic (exact) mass is 283 g/mol. The van der Waals surface area contributed by atoms with E-state index >= 15 is 0 Å². The van der Waals surface area contributed by atoms with Crippen LogP contribution in [0.25, 0.3) is 0 Å². The van der Waals surface area contributed by atoms with Crippen molar-refractivity contribution in [1.82, 2.24) is 4.98 Å². The van der Waals surface area contributed by atoms with Crippen molar-refractivity contribution in [3.05, 3.63) is 53.9 Å². The number of aromatic nitrogens is 1. The van der Waals surface area contributed by atoms with E-state index in [0.29, 0.717) is 0 Å². The summed E-state index contributed by atoms with van der Waals surface area (Å²) in [6, 6.07) is 7.21. The number of carbonyl (C=O) groups is 1. The minimum absolute atomic E-state index is 0.00644. The van der Waals surface area contributed by atoms with Gasteiger partial charge in [0.2, 0.25) is 5.78 Å². The van der Waals surface area contributed by atoms with Crippen LogP contribution in [0, 0.1) is 0 Å². The Balaban J connectivity index is 2.36. The van der Waals surface area contributed by atoms with E-state index < -0.39 is 23.6 Å². The van der Waals surface area contributed by atoms with Crippen LogP contribution in [-0.4, -0.2) is 22.2 Å². The molecule has 0 aliphatic rings. The molecule has 1 N–H and O–H groups in total. The number of hydrogen-bond acceptors (Lipinski definition) is 4. The molecule has 0 atom stereocenters. The number of alkyl halides is 3. The van der Waals surface area contributed by atoms with Crippen LogP contribution in [0.1, 0.15) is 16.1 Å². The molecule has 0 radical (unpaired) electrons. The summed E-state index contributed by atoms with van der Waals surface area (Å²) in [6.07, 6.45) is -3.51. The van der Waals surface area contributed by atoms with Gasteiger partial charge in [-0.3, -0.25) is 9.78 Å². The first-order chi connectivity index (χ1) is 9.37. The van der Waals surface area contributed by atoms with Gasteiger partial charge in [-0.1, -0.05) is 6.07 Å². The molecule has 20 heavy (non-hydrogen) atoms. The Morgan fingerprint density at radius 3 is 2.55 bits per heavy atom. The number of benzene rings is 1. The summed E-state index contributed by atoms with van der Waals surface area (Å²) < 4.78 is 40.0. The molecule has 0 fully saturated rings. The van der Waals surface area contributed by atoms with Crippen molar-refractivity contribution < 1.29 is 27.8 Å². The Bertz CT molecular complexity index is 627. The van der Waals surface area contributed by atoms with Crippen LogP contribution in [0.3, 0.4) is 0 Å². The lowest BCUT2D eigenvalue weighted by molar-refractivity contribution is -0.274. The Morgan fingerprint density at radius 1 is 1.20 bits per heavy atom. The molecule has 0 aliphatic carbocycles. The summed E-state index contributed by atoms with van der Waals surface area (Å²) in [7, 11) is 0. The number of rotatable bonds is 3. The summed E-state index contributed by atoms with van der Waals surface area (Å²) in [5.41, 5.74) is -0.308. The first-order valence-electron chi connectivity index (χ1n) is 5.41. The number of nitrogens with zero attached hydrogens (tertiary/aromatic N) is 1. The van der Waals surface area contributed by atoms with Crippen molar-refractivity contribution in [1.29, 1.82) is 0 Å². The molecule has 0 spiro atoms. The Kier molecular flexibility index (Phi) is 3.60. The van der Waals surface area contributed by atoms with Crippen LogP contribution in [-0.2, 0) is 0 Å². The summed E-state index contributed by atoms with van der Waals surface area (Å²) in [5.74, 6) is -1.74. The number of pyridine rings is 1. The second-order valence-corrected chi connectivity index (χ2v) is 3.77. The molecule has 104 valence electrons. The maximum atomic E-state index is 12.1. The molecule has 0 aliphatic heterocycles. The zero-order valence-electron chi connectivity index (χ0n) is 9.89. The molecule has 1 heterocycles. The predicted octanol–water partition coefficient (Wildman–Crippen LogP) is 2.92. The summed E-state index contributed by atoms with van der Waals surface area (Å²) in [4.78, 5) is 15.8. The fourth-order valence-electron chi connectivity index (χ4n) is 1.53. The molecule has 0 unspecified atom stereocenters. The van der Waals surface area contributed by atoms with Gasteiger partial charge in [0.05, 0.1) is 5.56 Å². The highest BCUT2D eigenvalue weighted by atomic mass is 19.4. The van der Waals surface area contributed by atoms with E-state index in [1.165, 1.54) is 12.3 Å². The van der Waals surface area contributed by atoms with E-state index in [0.717, 1.165) is 18.2 Å². The molecule has 2 aromatic rings. The fraction of sp³-hybridized carbons (Fsp3) is 0.0769. The lowest BCUT2D eigenvalue weighted by Crippen LogP contribution is -2.17. The zero-order valence-corrected chi connectivity index (χ0v) is 9.89. The van der Waals surface area contributed by atoms with Crippen LogP contribution >= 0.6 is 0 Å². The minimum Gasteiger partial charge on any atom is -0.507 e. The van der Waals surface area contributed by atoms with E-state index in [-0.39, 0.29) is 11.3 Å². The van der Waals surface area contributed by atoms with E-state index in [4.69, 9.17) is 0 Å². The van der Waals surface area contributed by atoms with Gasteiger partial charge in [0.1, 0.15) is 17.2 Å². The molecular formula is C13H8F3NO3. The van der Waals surface area contributed by atoms with Crippen molar-refractivity contribution >= 4 is 5.78 Å². The van der Waals surface area contributed by atoms with Crippen molar-refractivity contribution in [2.24, 2.45) is 0 Å². The molecule has 0 saturated heterocycles. The standard InChI is InChI=1S/C13H8F3NO3/c14-13(15,16)20-8-4-5-11(18)9(7-8)12(19)10-3-1-2-6-17-10/h1-7,18H. The SMILES string of the molecule is O=C(c1ccccn1)c1cc(OC(F)(F)F)ccc1O. The minimum atomic E-state index is -4.87. The highest BCUT2D eigenvalue weighted by molar-refractivity contribution is 6.09. The van der Waals surface area contributed by atoms with Gasteiger partial charge in [0, 0.05) is 6.20 Å². The number of ketones is 1. The van der Waals surface area contributed by atoms with Gasteiger partial charge in [0.15, 0.2) is 0 Å². The molecular weight excluding hydrogens is 275 g/mol. The molecule has 7 heteroatoms. The van der Waals surface area contributed by atoms with Gasteiger partial charge in [-0.15, -0.1) is 13.2 Å². The molecule has 1 aromatic heterocycles. The van der Waals surface area contributed by atoms with Gasteiger partial charge in [-0.2, -0.15) is 0 Å². The largest absolute Gasteiger partial charge is 0.573 e. The predicted molar refractivity (Wildman–Crippen MR) is 62.5 cm³/mol. The lowest BCUT2D eigenvalue weighted by atomic mass is 10.1. The number of hydrogen-bond donors (Lipinski definition) is 1. The highest BCUT2D eigenvalue weighted by Gasteiger charge is 2.31. The number of ether oxygens (including phenoxy) is 1. The van der Waals surface area contributed by atoms with Crippen molar-refractivity contribution in [3.63, 3.8) is 0 Å². The smallest absolute Gasteiger partial charge is 0.507 e. The molecule has 0 bridgehead atoms. The Labute approximate surface area is 111 Å². The van der Waals surface area contributed by atoms with Gasteiger partial charge in [-0.05, 0) is 30.3 Å². The number of aromatic hydroxyl groups is 1. The van der Waals surface area contributed by atoms with Crippen LogP contribution in [0.4, 0.5) is 13.2 Å². The van der Waals surface area contributed by atoms with Crippen molar-refractivity contribution in [2.75, 3.05) is 0 Å². The van der Waals surface area contributed by atoms with Gasteiger partial charge in [-0.25, -0.2) is 0 Å². The normalized spacial score (nSPS) is 11.2. The molecule has 1 aromatic carbocycles. The first kappa shape index (κ1) is 13.9. The topological polar surface area (TPSA) is 59.4 Å². The second-order valence-electron chi connectivity index (χ2n) is 3.77. The second kappa shape index (κ2) is 5.20. The number of halogens is 3. The molecule has 2 rings (SSSR count). The van der Waals surface area contributed by atoms with Gasteiger partial charge < -0.3 is 9.84 Å². The third-order valence-corrected chi connectivity index (χ3v) is 2.34. The summed E-state index contributed by atoms with van der Waals surface area (Å²) >= 11 is 0. The average Bonchev–Trinajstić information content (AvgIpc) is 2.40. The zero-order chi connectivity index (χ0) is 14.8. The maximum Gasteiger partial charge on any atom is 0.573 e. The molecule has 0 amide bonds. The lowest BCUT2D eigenvalue weighted by Gasteiger charge is -2.10. The third kappa shape index (κ3) is 3.25. The number of carbonyl (C=O) groups excluding carboxylic acids is 1. The van der Waals surface area contributed by atoms with Crippen LogP contribution < -0.4 is 4.74 Å². The third-order valence-electron chi connectivity index (χ3n) is 2.34. The maximum absolute atomic E-state index is 12.1. The van der Waals surface area contributed by atoms with E-state index in [1.807, 2.05) is 0 Å². The van der Waals surface area contributed by atoms with E-state index in [2.05, 4.69) is 9.72 Å². The number of phenolic OH excluding ortho intramolecular Hbond substituents is 1. The summed E-state index contributed by atoms with van der Waals surface area (Å²) in [6.45, 7) is 0. The van der Waals surface area contributed by atoms with E-state index in [9.17, 15) is 23.1 Å². The molecule has 0 saturated carbocycles. The van der Waals surface area contributed by atoms with Gasteiger partial charge >= 0.3 is 6.36 Å². The average molecular weight is 283 g/mol. The Morgan fingerprint density at radius 2 is 1.95 bits per heavy atom. The van der Waals surface area contributed by atoms with E-state index in [1.54, 1.807) is 12.1 Å². The number of phenols is 1. The fourth-order valence-corrected chi connectivity index (χ4v) is 1.53. The molecule has 4 nitrogen and oxygen atoms in total. The van der Waals surface area contributed by atoms with Crippen LogP contribution in [0.15, 0.2) is 42.6 Å². The summed E-state index contributed by atoms with van der Waals surface area (Å²) in [5, 5.41) is 9.58. The quantitative estimate of drug-likeness (QED) is 0.880. The Hall–Kier alpha value is -2.57. The van der Waals surface area contributed by atoms with Crippen LogP contribution in [0.2, 0.25) is 0 Å². The van der Waals surface area contributed by atoms with Crippen molar-refractivity contribution in [3.8, 4) is 11.5 Å². The first-order valence-corrected chi connectivity index (χ1v) is 5.41. The van der Waals surface area contributed by atoms with Gasteiger partial charge in [0.25, 0.3) is 0 Å². The highest BCUT2D eigenvalue weighted by Crippen LogP contribution is 2.28. The van der Waals surface area contributed by atoms with Crippen LogP contribution in [0.5, 0.6) is 11.5 Å². The van der Waals surface area contributed by atoms with Crippen molar-refractivity contribution in [2.45, 2.75) is 6.36 Å².